The van der Waals surface area contributed by atoms with E-state index in [1.807, 2.05) is 0 Å². The second kappa shape index (κ2) is 14.8. The number of likely N-dealkylation sites (tertiary alicyclic amines) is 1. The summed E-state index contributed by atoms with van der Waals surface area (Å²) >= 11 is 0. The molecule has 2 heterocycles. The van der Waals surface area contributed by atoms with Gasteiger partial charge in [-0.25, -0.2) is 0 Å². The van der Waals surface area contributed by atoms with Gasteiger partial charge in [-0.1, -0.05) is 26.7 Å². The van der Waals surface area contributed by atoms with Crippen LogP contribution < -0.4 is 5.32 Å². The van der Waals surface area contributed by atoms with Crippen LogP contribution in [0.3, 0.4) is 0 Å². The summed E-state index contributed by atoms with van der Waals surface area (Å²) in [4.78, 5) is 25.5. The van der Waals surface area contributed by atoms with Crippen LogP contribution in [0.2, 0.25) is 0 Å². The second-order valence-electron chi connectivity index (χ2n) is 8.14. The summed E-state index contributed by atoms with van der Waals surface area (Å²) in [5.74, 6) is -0.0696. The molecule has 1 aliphatic carbocycles. The smallest absolute Gasteiger partial charge is 0.274 e. The second-order valence-corrected chi connectivity index (χ2v) is 8.14. The Labute approximate surface area is 187 Å². The number of amides is 1. The number of hydrogen-bond acceptors (Lipinski definition) is 5. The molecule has 7 nitrogen and oxygen atoms in total. The van der Waals surface area contributed by atoms with Gasteiger partial charge in [0.2, 0.25) is 0 Å². The minimum atomic E-state index is -0.425. The number of aliphatic hydroxyl groups excluding tert-OH is 1. The van der Waals surface area contributed by atoms with Crippen molar-refractivity contribution in [3.63, 3.8) is 0 Å². The first-order valence-electron chi connectivity index (χ1n) is 11.6. The molecule has 31 heavy (non-hydrogen) atoms. The first kappa shape index (κ1) is 26.9. The Bertz CT molecular complexity index is 705. The number of hydrogen-bond donors (Lipinski definition) is 2. The molecule has 1 aromatic heterocycles. The zero-order chi connectivity index (χ0) is 23.2. The van der Waals surface area contributed by atoms with Gasteiger partial charge in [0, 0.05) is 24.3 Å². The summed E-state index contributed by atoms with van der Waals surface area (Å²) in [5.41, 5.74) is 2.51. The summed E-state index contributed by atoms with van der Waals surface area (Å²) in [6, 6.07) is 0. The highest BCUT2D eigenvalue weighted by Gasteiger charge is 2.32. The molecular formula is C24H40N4O3. The summed E-state index contributed by atoms with van der Waals surface area (Å²) < 4.78 is 1.68. The molecule has 1 aliphatic heterocycles. The molecule has 1 aromatic rings. The molecule has 174 valence electrons. The molecule has 0 spiro atoms. The van der Waals surface area contributed by atoms with Crippen LogP contribution >= 0.6 is 0 Å². The molecular weight excluding hydrogens is 392 g/mol. The number of carbonyl (C=O) groups is 2. The number of aromatic nitrogens is 2. The quantitative estimate of drug-likeness (QED) is 0.463. The van der Waals surface area contributed by atoms with Crippen LogP contribution in [-0.4, -0.2) is 63.8 Å². The third-order valence-electron chi connectivity index (χ3n) is 5.42. The van der Waals surface area contributed by atoms with E-state index in [9.17, 15) is 14.7 Å². The minimum Gasteiger partial charge on any atom is -0.391 e. The van der Waals surface area contributed by atoms with E-state index in [0.29, 0.717) is 25.2 Å². The zero-order valence-corrected chi connectivity index (χ0v) is 19.5. The van der Waals surface area contributed by atoms with Gasteiger partial charge in [-0.2, -0.15) is 5.10 Å². The number of Topliss-reactive ketones (excluding diaryl/α,β-unsaturated/α-hetero) is 1. The Morgan fingerprint density at radius 3 is 2.48 bits per heavy atom. The predicted molar refractivity (Wildman–Crippen MR) is 124 cm³/mol. The molecule has 0 unspecified atom stereocenters. The first-order chi connectivity index (χ1) is 15.0. The fourth-order valence-electron chi connectivity index (χ4n) is 3.90. The number of nitrogens with one attached hydrogen (secondary N) is 1. The molecule has 2 N–H and O–H groups in total. The summed E-state index contributed by atoms with van der Waals surface area (Å²) in [7, 11) is 0. The molecule has 1 saturated heterocycles. The van der Waals surface area contributed by atoms with Crippen LogP contribution in [0.15, 0.2) is 0 Å². The van der Waals surface area contributed by atoms with Crippen molar-refractivity contribution < 1.29 is 14.7 Å². The van der Waals surface area contributed by atoms with Crippen LogP contribution in [0.5, 0.6) is 0 Å². The van der Waals surface area contributed by atoms with E-state index in [-0.39, 0.29) is 18.2 Å². The molecule has 1 fully saturated rings. The van der Waals surface area contributed by atoms with E-state index < -0.39 is 6.10 Å². The molecule has 0 aromatic carbocycles. The van der Waals surface area contributed by atoms with E-state index >= 15 is 0 Å². The number of β-amino-alcohol motifs (C(OH)–C–C–N with tert-alkyl or cyclic N) is 1. The van der Waals surface area contributed by atoms with Crippen molar-refractivity contribution in [3.05, 3.63) is 17.0 Å². The van der Waals surface area contributed by atoms with Crippen LogP contribution in [0.1, 0.15) is 81.0 Å². The minimum absolute atomic E-state index is 0.0396. The van der Waals surface area contributed by atoms with Crippen molar-refractivity contribution in [2.24, 2.45) is 0 Å². The number of rotatable bonds is 9. The third-order valence-corrected chi connectivity index (χ3v) is 5.42. The monoisotopic (exact) mass is 432 g/mol. The predicted octanol–water partition coefficient (Wildman–Crippen LogP) is 2.59. The topological polar surface area (TPSA) is 87.5 Å². The Morgan fingerprint density at radius 1 is 1.16 bits per heavy atom. The van der Waals surface area contributed by atoms with E-state index in [1.165, 1.54) is 45.7 Å². The van der Waals surface area contributed by atoms with Crippen LogP contribution in [0.25, 0.3) is 0 Å². The van der Waals surface area contributed by atoms with Gasteiger partial charge in [0.05, 0.1) is 12.6 Å². The van der Waals surface area contributed by atoms with Gasteiger partial charge in [0.25, 0.3) is 5.91 Å². The Balaban J connectivity index is 0.000000372. The SMILES string of the molecule is C#C.CC(=O)Cn1nc(C(=O)N2CC[C@@H](O)C2)c2c1CCC2.CCCCCNCCC. The third kappa shape index (κ3) is 8.47. The molecule has 3 rings (SSSR count). The first-order valence-corrected chi connectivity index (χ1v) is 11.6. The summed E-state index contributed by atoms with van der Waals surface area (Å²) in [6.45, 7) is 9.55. The molecule has 1 amide bonds. The molecule has 1 atom stereocenters. The average Bonchev–Trinajstić information content (AvgIpc) is 3.47. The number of nitrogens with zero attached hydrogens (tertiary/aromatic N) is 3. The number of aliphatic hydroxyl groups is 1. The lowest BCUT2D eigenvalue weighted by molar-refractivity contribution is -0.117. The van der Waals surface area contributed by atoms with E-state index in [4.69, 9.17) is 0 Å². The van der Waals surface area contributed by atoms with Crippen LogP contribution in [-0.2, 0) is 24.2 Å². The van der Waals surface area contributed by atoms with E-state index in [0.717, 1.165) is 30.5 Å². The fraction of sp³-hybridized carbons (Fsp3) is 0.708. The van der Waals surface area contributed by atoms with Crippen molar-refractivity contribution in [2.45, 2.75) is 84.8 Å². The number of fused-ring (bicyclic) bond motifs is 1. The standard InChI is InChI=1S/C14H19N3O3.C8H19N.C2H2/c1-9(18)7-17-12-4-2-3-11(12)13(15-17)14(20)16-6-5-10(19)8-16;1-3-5-6-8-9-7-4-2;1-2/h10,19H,2-8H2,1H3;9H,3-8H2,1-2H3;1-2H/t10-;;/m1../s1. The summed E-state index contributed by atoms with van der Waals surface area (Å²) in [6.07, 6.45) is 16.2. The van der Waals surface area contributed by atoms with Gasteiger partial charge in [0.15, 0.2) is 11.5 Å². The maximum absolute atomic E-state index is 12.5. The van der Waals surface area contributed by atoms with Gasteiger partial charge in [-0.05, 0) is 58.5 Å². The van der Waals surface area contributed by atoms with Crippen molar-refractivity contribution >= 4 is 11.7 Å². The van der Waals surface area contributed by atoms with Crippen LogP contribution in [0.4, 0.5) is 0 Å². The van der Waals surface area contributed by atoms with Crippen LogP contribution in [0, 0.1) is 12.8 Å². The Morgan fingerprint density at radius 2 is 1.90 bits per heavy atom. The van der Waals surface area contributed by atoms with Gasteiger partial charge in [-0.3, -0.25) is 14.3 Å². The fourth-order valence-corrected chi connectivity index (χ4v) is 3.90. The number of ketones is 1. The Hall–Kier alpha value is -2.17. The lowest BCUT2D eigenvalue weighted by Crippen LogP contribution is -2.30. The van der Waals surface area contributed by atoms with Crippen molar-refractivity contribution in [1.29, 1.82) is 0 Å². The number of unbranched alkanes of at least 4 members (excludes halogenated alkanes) is 2. The molecule has 0 saturated carbocycles. The van der Waals surface area contributed by atoms with Crippen molar-refractivity contribution in [2.75, 3.05) is 26.2 Å². The molecule has 0 bridgehead atoms. The molecule has 7 heteroatoms. The lowest BCUT2D eigenvalue weighted by atomic mass is 10.2. The van der Waals surface area contributed by atoms with Crippen molar-refractivity contribution in [1.82, 2.24) is 20.0 Å². The maximum atomic E-state index is 12.5. The highest BCUT2D eigenvalue weighted by molar-refractivity contribution is 5.94. The summed E-state index contributed by atoms with van der Waals surface area (Å²) in [5, 5.41) is 17.3. The molecule has 2 aliphatic rings. The average molecular weight is 433 g/mol. The normalized spacial score (nSPS) is 16.7. The van der Waals surface area contributed by atoms with Gasteiger partial charge >= 0.3 is 0 Å². The van der Waals surface area contributed by atoms with Gasteiger partial charge < -0.3 is 15.3 Å². The highest BCUT2D eigenvalue weighted by Crippen LogP contribution is 2.27. The van der Waals surface area contributed by atoms with Crippen molar-refractivity contribution in [3.8, 4) is 12.8 Å². The zero-order valence-electron chi connectivity index (χ0n) is 19.5. The number of terminal acetylenes is 1. The lowest BCUT2D eigenvalue weighted by Gasteiger charge is -2.14. The Kier molecular flexibility index (Phi) is 12.8. The van der Waals surface area contributed by atoms with E-state index in [2.05, 4.69) is 37.1 Å². The number of carbonyl (C=O) groups excluding carboxylic acids is 2. The largest absolute Gasteiger partial charge is 0.391 e. The molecule has 0 radical (unpaired) electrons. The van der Waals surface area contributed by atoms with Gasteiger partial charge in [-0.15, -0.1) is 12.8 Å². The van der Waals surface area contributed by atoms with Gasteiger partial charge in [0.1, 0.15) is 0 Å². The highest BCUT2D eigenvalue weighted by atomic mass is 16.3. The maximum Gasteiger partial charge on any atom is 0.274 e. The van der Waals surface area contributed by atoms with E-state index in [1.54, 1.807) is 9.58 Å².